The van der Waals surface area contributed by atoms with Gasteiger partial charge in [0.05, 0.1) is 0 Å². The molecule has 1 aliphatic carbocycles. The molecule has 35 heavy (non-hydrogen) atoms. The third-order valence-corrected chi connectivity index (χ3v) is 5.66. The van der Waals surface area contributed by atoms with Crippen LogP contribution in [0.1, 0.15) is 24.3 Å². The molecule has 0 aliphatic heterocycles. The van der Waals surface area contributed by atoms with Crippen molar-refractivity contribution in [2.24, 2.45) is 0 Å². The van der Waals surface area contributed by atoms with E-state index in [0.29, 0.717) is 28.2 Å². The molecular weight excluding hydrogens is 461 g/mol. The number of hydrogen-bond acceptors (Lipinski definition) is 5. The van der Waals surface area contributed by atoms with E-state index in [-0.39, 0.29) is 11.6 Å². The summed E-state index contributed by atoms with van der Waals surface area (Å²) in [4.78, 5) is 33.9. The summed E-state index contributed by atoms with van der Waals surface area (Å²) in [5, 5.41) is 8.82. The van der Waals surface area contributed by atoms with Crippen molar-refractivity contribution in [3.63, 3.8) is 0 Å². The SMILES string of the molecule is CNc1cc2c(C3CC3)c(=O)n(-c3nc(NC(=O)Nc4ccc(F)cc4)c(F)cc3F)cc2cn1. The number of rotatable bonds is 5. The normalized spacial score (nSPS) is 13.0. The number of nitrogens with one attached hydrogen (secondary N) is 3. The van der Waals surface area contributed by atoms with Gasteiger partial charge in [0.2, 0.25) is 0 Å². The molecule has 1 fully saturated rings. The number of amides is 2. The first-order valence-electron chi connectivity index (χ1n) is 10.8. The highest BCUT2D eigenvalue weighted by molar-refractivity contribution is 5.99. The van der Waals surface area contributed by atoms with E-state index >= 15 is 0 Å². The van der Waals surface area contributed by atoms with Crippen molar-refractivity contribution in [2.75, 3.05) is 23.0 Å². The Kier molecular flexibility index (Phi) is 5.59. The maximum atomic E-state index is 14.8. The van der Waals surface area contributed by atoms with Crippen LogP contribution in [-0.4, -0.2) is 27.6 Å². The number of aromatic nitrogens is 3. The molecule has 0 atom stereocenters. The number of halogens is 3. The zero-order valence-corrected chi connectivity index (χ0v) is 18.4. The molecule has 4 aromatic rings. The zero-order chi connectivity index (χ0) is 24.7. The van der Waals surface area contributed by atoms with Crippen LogP contribution < -0.4 is 21.5 Å². The molecule has 1 saturated carbocycles. The summed E-state index contributed by atoms with van der Waals surface area (Å²) in [6.45, 7) is 0. The third kappa shape index (κ3) is 4.39. The molecule has 3 heterocycles. The van der Waals surface area contributed by atoms with Crippen LogP contribution in [0.4, 0.5) is 35.3 Å². The summed E-state index contributed by atoms with van der Waals surface area (Å²) in [6.07, 6.45) is 4.59. The Labute approximate surface area is 196 Å². The zero-order valence-electron chi connectivity index (χ0n) is 18.4. The fourth-order valence-electron chi connectivity index (χ4n) is 3.82. The van der Waals surface area contributed by atoms with Gasteiger partial charge in [0.25, 0.3) is 5.56 Å². The lowest BCUT2D eigenvalue weighted by Crippen LogP contribution is -2.25. The molecule has 11 heteroatoms. The van der Waals surface area contributed by atoms with Gasteiger partial charge in [0, 0.05) is 42.1 Å². The molecule has 0 radical (unpaired) electrons. The Morgan fingerprint density at radius 3 is 2.49 bits per heavy atom. The van der Waals surface area contributed by atoms with Crippen LogP contribution >= 0.6 is 0 Å². The summed E-state index contributed by atoms with van der Waals surface area (Å²) in [5.41, 5.74) is 0.281. The Morgan fingerprint density at radius 1 is 1.06 bits per heavy atom. The van der Waals surface area contributed by atoms with E-state index in [1.165, 1.54) is 18.3 Å². The molecule has 5 rings (SSSR count). The van der Waals surface area contributed by atoms with Gasteiger partial charge in [-0.3, -0.25) is 14.7 Å². The van der Waals surface area contributed by atoms with Crippen molar-refractivity contribution in [3.8, 4) is 5.82 Å². The van der Waals surface area contributed by atoms with Gasteiger partial charge in [-0.15, -0.1) is 0 Å². The van der Waals surface area contributed by atoms with Crippen LogP contribution in [0.3, 0.4) is 0 Å². The molecule has 0 bridgehead atoms. The van der Waals surface area contributed by atoms with E-state index in [1.54, 1.807) is 19.3 Å². The van der Waals surface area contributed by atoms with Gasteiger partial charge in [0.1, 0.15) is 11.6 Å². The van der Waals surface area contributed by atoms with Gasteiger partial charge in [-0.2, -0.15) is 0 Å². The van der Waals surface area contributed by atoms with Crippen LogP contribution in [0, 0.1) is 17.5 Å². The number of pyridine rings is 3. The van der Waals surface area contributed by atoms with E-state index in [4.69, 9.17) is 0 Å². The van der Waals surface area contributed by atoms with Crippen LogP contribution in [0.25, 0.3) is 16.6 Å². The third-order valence-electron chi connectivity index (χ3n) is 5.66. The van der Waals surface area contributed by atoms with E-state index in [1.807, 2.05) is 0 Å². The maximum absolute atomic E-state index is 14.8. The minimum absolute atomic E-state index is 0.0205. The molecule has 1 aliphatic rings. The van der Waals surface area contributed by atoms with Gasteiger partial charge < -0.3 is 10.6 Å². The summed E-state index contributed by atoms with van der Waals surface area (Å²) in [7, 11) is 1.71. The maximum Gasteiger partial charge on any atom is 0.324 e. The first-order chi connectivity index (χ1) is 16.8. The minimum atomic E-state index is -1.13. The second-order valence-electron chi connectivity index (χ2n) is 8.11. The largest absolute Gasteiger partial charge is 0.373 e. The summed E-state index contributed by atoms with van der Waals surface area (Å²) in [5.74, 6) is -3.13. The van der Waals surface area contributed by atoms with Crippen molar-refractivity contribution in [1.29, 1.82) is 0 Å². The van der Waals surface area contributed by atoms with E-state index in [9.17, 15) is 22.8 Å². The number of nitrogens with zero attached hydrogens (tertiary/aromatic N) is 3. The fraction of sp³-hybridized carbons (Fsp3) is 0.167. The average Bonchev–Trinajstić information content (AvgIpc) is 3.67. The van der Waals surface area contributed by atoms with Crippen molar-refractivity contribution in [3.05, 3.63) is 82.2 Å². The van der Waals surface area contributed by atoms with Gasteiger partial charge >= 0.3 is 6.03 Å². The molecule has 1 aromatic carbocycles. The Morgan fingerprint density at radius 2 is 1.80 bits per heavy atom. The molecular formula is C24H19F3N6O2. The van der Waals surface area contributed by atoms with Crippen LogP contribution in [0.15, 0.2) is 53.6 Å². The second kappa shape index (κ2) is 8.75. The monoisotopic (exact) mass is 480 g/mol. The minimum Gasteiger partial charge on any atom is -0.373 e. The highest BCUT2D eigenvalue weighted by Gasteiger charge is 2.30. The number of benzene rings is 1. The molecule has 0 spiro atoms. The van der Waals surface area contributed by atoms with Gasteiger partial charge in [-0.05, 0) is 54.5 Å². The number of carbonyl (C=O) groups is 1. The first-order valence-corrected chi connectivity index (χ1v) is 10.8. The molecule has 0 saturated heterocycles. The van der Waals surface area contributed by atoms with Crippen LogP contribution in [0.2, 0.25) is 0 Å². The lowest BCUT2D eigenvalue weighted by atomic mass is 10.1. The second-order valence-corrected chi connectivity index (χ2v) is 8.11. The smallest absolute Gasteiger partial charge is 0.324 e. The van der Waals surface area contributed by atoms with Crippen molar-refractivity contribution in [1.82, 2.24) is 14.5 Å². The quantitative estimate of drug-likeness (QED) is 0.382. The van der Waals surface area contributed by atoms with Crippen molar-refractivity contribution in [2.45, 2.75) is 18.8 Å². The van der Waals surface area contributed by atoms with Crippen LogP contribution in [-0.2, 0) is 0 Å². The topological polar surface area (TPSA) is 101 Å². The molecule has 178 valence electrons. The van der Waals surface area contributed by atoms with Crippen molar-refractivity contribution < 1.29 is 18.0 Å². The predicted octanol–water partition coefficient (Wildman–Crippen LogP) is 4.76. The molecule has 3 N–H and O–H groups in total. The van der Waals surface area contributed by atoms with E-state index in [0.717, 1.165) is 29.5 Å². The summed E-state index contributed by atoms with van der Waals surface area (Å²) >= 11 is 0. The first kappa shape index (κ1) is 22.4. The summed E-state index contributed by atoms with van der Waals surface area (Å²) in [6, 6.07) is 6.34. The molecule has 2 amide bonds. The fourth-order valence-corrected chi connectivity index (χ4v) is 3.82. The average molecular weight is 480 g/mol. The van der Waals surface area contributed by atoms with Gasteiger partial charge in [0.15, 0.2) is 23.3 Å². The Balaban J connectivity index is 1.55. The van der Waals surface area contributed by atoms with E-state index in [2.05, 4.69) is 25.9 Å². The standard InChI is InChI=1S/C24H19F3N6O2/c1-28-19-8-16-13(10-29-19)11-33(23(34)20(16)12-2-3-12)22-18(27)9-17(26)21(31-22)32-24(35)30-15-6-4-14(25)5-7-15/h4-12,28H,2-3H2,1H3,(H2,30,31,32,35). The number of hydrogen-bond donors (Lipinski definition) is 3. The lowest BCUT2D eigenvalue weighted by Gasteiger charge is -2.14. The molecule has 8 nitrogen and oxygen atoms in total. The lowest BCUT2D eigenvalue weighted by molar-refractivity contribution is 0.262. The van der Waals surface area contributed by atoms with Gasteiger partial charge in [-0.1, -0.05) is 0 Å². The van der Waals surface area contributed by atoms with Crippen LogP contribution in [0.5, 0.6) is 0 Å². The number of urea groups is 1. The highest BCUT2D eigenvalue weighted by atomic mass is 19.1. The predicted molar refractivity (Wildman–Crippen MR) is 126 cm³/mol. The Hall–Kier alpha value is -4.41. The Bertz CT molecular complexity index is 1520. The molecule has 0 unspecified atom stereocenters. The molecule has 3 aromatic heterocycles. The van der Waals surface area contributed by atoms with Crippen molar-refractivity contribution >= 4 is 34.1 Å². The number of anilines is 3. The highest BCUT2D eigenvalue weighted by Crippen LogP contribution is 2.41. The summed E-state index contributed by atoms with van der Waals surface area (Å²) < 4.78 is 43.4. The van der Waals surface area contributed by atoms with Gasteiger partial charge in [-0.25, -0.2) is 27.9 Å². The van der Waals surface area contributed by atoms with E-state index < -0.39 is 40.7 Å². The number of carbonyl (C=O) groups excluding carboxylic acids is 1. The number of fused-ring (bicyclic) bond motifs is 1.